The summed E-state index contributed by atoms with van der Waals surface area (Å²) in [5.74, 6) is 0. The molecule has 1 atom stereocenters. The lowest BCUT2D eigenvalue weighted by molar-refractivity contribution is 0.290. The lowest BCUT2D eigenvalue weighted by Gasteiger charge is -2.08. The number of hydrogen-bond acceptors (Lipinski definition) is 3. The molecule has 5 heteroatoms. The van der Waals surface area contributed by atoms with E-state index in [-0.39, 0.29) is 6.61 Å². The number of sulfonamides is 1. The van der Waals surface area contributed by atoms with Crippen LogP contribution in [0.4, 0.5) is 0 Å². The van der Waals surface area contributed by atoms with E-state index in [2.05, 4.69) is 0 Å². The molecule has 60 valence electrons. The van der Waals surface area contributed by atoms with Crippen LogP contribution in [0.3, 0.4) is 0 Å². The highest BCUT2D eigenvalue weighted by Crippen LogP contribution is 2.18. The smallest absolute Gasteiger partial charge is 0.219 e. The fourth-order valence-corrected chi connectivity index (χ4v) is 2.50. The standard InChI is InChI=1S/C5H11NO3S/c1-6-3-2-5(4-7)10(6,8)9/h5,7H,2-4H2,1H3. The Hall–Kier alpha value is -0.130. The van der Waals surface area contributed by atoms with Gasteiger partial charge in [0.05, 0.1) is 11.9 Å². The molecular weight excluding hydrogens is 154 g/mol. The predicted octanol–water partition coefficient (Wildman–Crippen LogP) is -0.987. The number of aliphatic hydroxyl groups is 1. The van der Waals surface area contributed by atoms with Gasteiger partial charge >= 0.3 is 0 Å². The van der Waals surface area contributed by atoms with Gasteiger partial charge in [0.1, 0.15) is 0 Å². The van der Waals surface area contributed by atoms with Crippen LogP contribution in [-0.4, -0.2) is 43.3 Å². The zero-order chi connectivity index (χ0) is 7.78. The summed E-state index contributed by atoms with van der Waals surface area (Å²) in [5, 5.41) is 8.06. The zero-order valence-electron chi connectivity index (χ0n) is 5.82. The Labute approximate surface area is 60.5 Å². The Morgan fingerprint density at radius 2 is 2.30 bits per heavy atom. The van der Waals surface area contributed by atoms with E-state index >= 15 is 0 Å². The number of hydrogen-bond donors (Lipinski definition) is 1. The van der Waals surface area contributed by atoms with Crippen LogP contribution in [0.2, 0.25) is 0 Å². The van der Waals surface area contributed by atoms with Crippen molar-refractivity contribution >= 4 is 10.0 Å². The van der Waals surface area contributed by atoms with Crippen molar-refractivity contribution in [2.24, 2.45) is 0 Å². The Bertz CT molecular complexity index is 211. The van der Waals surface area contributed by atoms with Gasteiger partial charge in [0.15, 0.2) is 0 Å². The summed E-state index contributed by atoms with van der Waals surface area (Å²) < 4.78 is 23.5. The largest absolute Gasteiger partial charge is 0.395 e. The van der Waals surface area contributed by atoms with Gasteiger partial charge in [-0.2, -0.15) is 0 Å². The summed E-state index contributed by atoms with van der Waals surface area (Å²) >= 11 is 0. The second-order valence-corrected chi connectivity index (χ2v) is 4.78. The second kappa shape index (κ2) is 2.48. The molecule has 0 aromatic rings. The van der Waals surface area contributed by atoms with Crippen molar-refractivity contribution in [2.45, 2.75) is 11.7 Å². The van der Waals surface area contributed by atoms with E-state index in [1.165, 1.54) is 11.4 Å². The van der Waals surface area contributed by atoms with Gasteiger partial charge in [-0.1, -0.05) is 0 Å². The summed E-state index contributed by atoms with van der Waals surface area (Å²) in [7, 11) is -1.60. The SMILES string of the molecule is CN1CCC(CO)S1(=O)=O. The third kappa shape index (κ3) is 1.04. The van der Waals surface area contributed by atoms with Crippen LogP contribution in [0.15, 0.2) is 0 Å². The molecule has 0 spiro atoms. The van der Waals surface area contributed by atoms with Crippen LogP contribution in [0.25, 0.3) is 0 Å². The zero-order valence-corrected chi connectivity index (χ0v) is 6.63. The molecule has 1 aliphatic rings. The van der Waals surface area contributed by atoms with Crippen molar-refractivity contribution in [2.75, 3.05) is 20.2 Å². The quantitative estimate of drug-likeness (QED) is 0.543. The summed E-state index contributed by atoms with van der Waals surface area (Å²) in [6, 6.07) is 0. The molecule has 1 heterocycles. The number of aliphatic hydroxyl groups excluding tert-OH is 1. The molecule has 0 saturated carbocycles. The van der Waals surface area contributed by atoms with Gasteiger partial charge in [-0.15, -0.1) is 0 Å². The number of rotatable bonds is 1. The molecule has 1 aliphatic heterocycles. The van der Waals surface area contributed by atoms with Gasteiger partial charge in [0, 0.05) is 13.6 Å². The Balaban J connectivity index is 2.85. The van der Waals surface area contributed by atoms with Crippen molar-refractivity contribution in [3.63, 3.8) is 0 Å². The molecule has 0 aromatic carbocycles. The topological polar surface area (TPSA) is 57.6 Å². The molecule has 1 fully saturated rings. The summed E-state index contributed by atoms with van der Waals surface area (Å²) in [6.45, 7) is 0.278. The average molecular weight is 165 g/mol. The highest BCUT2D eigenvalue weighted by Gasteiger charge is 2.35. The number of nitrogens with zero attached hydrogens (tertiary/aromatic N) is 1. The molecule has 0 radical (unpaired) electrons. The van der Waals surface area contributed by atoms with Crippen molar-refractivity contribution in [1.82, 2.24) is 4.31 Å². The van der Waals surface area contributed by atoms with E-state index in [1.807, 2.05) is 0 Å². The van der Waals surface area contributed by atoms with Gasteiger partial charge < -0.3 is 5.11 Å². The normalized spacial score (nSPS) is 32.8. The first kappa shape index (κ1) is 7.97. The summed E-state index contributed by atoms with van der Waals surface area (Å²) in [4.78, 5) is 0. The third-order valence-electron chi connectivity index (χ3n) is 1.83. The molecule has 0 aliphatic carbocycles. The Morgan fingerprint density at radius 1 is 1.70 bits per heavy atom. The van der Waals surface area contributed by atoms with Crippen LogP contribution in [0.5, 0.6) is 0 Å². The Morgan fingerprint density at radius 3 is 2.50 bits per heavy atom. The molecule has 10 heavy (non-hydrogen) atoms. The molecule has 1 rings (SSSR count). The Kier molecular flexibility index (Phi) is 1.98. The maximum absolute atomic E-state index is 11.1. The molecule has 0 bridgehead atoms. The molecule has 1 N–H and O–H groups in total. The van der Waals surface area contributed by atoms with E-state index in [4.69, 9.17) is 5.11 Å². The van der Waals surface area contributed by atoms with E-state index in [9.17, 15) is 8.42 Å². The first-order valence-corrected chi connectivity index (χ1v) is 4.65. The lowest BCUT2D eigenvalue weighted by atomic mass is 10.3. The summed E-state index contributed by atoms with van der Waals surface area (Å²) in [5.41, 5.74) is 0. The molecule has 0 amide bonds. The van der Waals surface area contributed by atoms with E-state index in [0.717, 1.165) is 0 Å². The predicted molar refractivity (Wildman–Crippen MR) is 37.0 cm³/mol. The van der Waals surface area contributed by atoms with Crippen molar-refractivity contribution in [3.05, 3.63) is 0 Å². The second-order valence-electron chi connectivity index (χ2n) is 2.46. The van der Waals surface area contributed by atoms with E-state index < -0.39 is 15.3 Å². The molecule has 0 aromatic heterocycles. The van der Waals surface area contributed by atoms with E-state index in [0.29, 0.717) is 13.0 Å². The van der Waals surface area contributed by atoms with Gasteiger partial charge in [0.2, 0.25) is 10.0 Å². The minimum absolute atomic E-state index is 0.257. The molecular formula is C5H11NO3S. The average Bonchev–Trinajstić information content (AvgIpc) is 2.10. The van der Waals surface area contributed by atoms with Crippen molar-refractivity contribution in [1.29, 1.82) is 0 Å². The van der Waals surface area contributed by atoms with Crippen molar-refractivity contribution in [3.8, 4) is 0 Å². The van der Waals surface area contributed by atoms with E-state index in [1.54, 1.807) is 0 Å². The van der Waals surface area contributed by atoms with Crippen LogP contribution in [0.1, 0.15) is 6.42 Å². The van der Waals surface area contributed by atoms with Crippen LogP contribution in [0, 0.1) is 0 Å². The first-order chi connectivity index (χ1) is 4.59. The fourth-order valence-electron chi connectivity index (χ4n) is 1.04. The highest BCUT2D eigenvalue weighted by atomic mass is 32.2. The van der Waals surface area contributed by atoms with Crippen LogP contribution in [-0.2, 0) is 10.0 Å². The van der Waals surface area contributed by atoms with Crippen LogP contribution >= 0.6 is 0 Å². The third-order valence-corrected chi connectivity index (χ3v) is 4.10. The lowest BCUT2D eigenvalue weighted by Crippen LogP contribution is -2.27. The summed E-state index contributed by atoms with van der Waals surface area (Å²) in [6.07, 6.45) is 0.551. The van der Waals surface area contributed by atoms with Crippen molar-refractivity contribution < 1.29 is 13.5 Å². The minimum Gasteiger partial charge on any atom is -0.395 e. The molecule has 4 nitrogen and oxygen atoms in total. The van der Waals surface area contributed by atoms with Gasteiger partial charge in [-0.05, 0) is 6.42 Å². The first-order valence-electron chi connectivity index (χ1n) is 3.15. The maximum atomic E-state index is 11.1. The monoisotopic (exact) mass is 165 g/mol. The minimum atomic E-state index is -3.13. The molecule has 1 unspecified atom stereocenters. The van der Waals surface area contributed by atoms with Gasteiger partial charge in [-0.3, -0.25) is 0 Å². The fraction of sp³-hybridized carbons (Fsp3) is 1.00. The van der Waals surface area contributed by atoms with Gasteiger partial charge in [-0.25, -0.2) is 12.7 Å². The van der Waals surface area contributed by atoms with Gasteiger partial charge in [0.25, 0.3) is 0 Å². The highest BCUT2D eigenvalue weighted by molar-refractivity contribution is 7.90. The maximum Gasteiger partial charge on any atom is 0.219 e. The molecule has 1 saturated heterocycles. The van der Waals surface area contributed by atoms with Crippen LogP contribution < -0.4 is 0 Å².